The number of nitrogens with zero attached hydrogens (tertiary/aromatic N) is 1. The molecule has 3 aromatic rings. The first-order valence-electron chi connectivity index (χ1n) is 8.62. The predicted octanol–water partition coefficient (Wildman–Crippen LogP) is 4.35. The maximum atomic E-state index is 12.7. The highest BCUT2D eigenvalue weighted by Crippen LogP contribution is 2.33. The molecule has 0 saturated carbocycles. The summed E-state index contributed by atoms with van der Waals surface area (Å²) in [6.07, 6.45) is 0. The van der Waals surface area contributed by atoms with Crippen molar-refractivity contribution < 1.29 is 19.1 Å². The van der Waals surface area contributed by atoms with Gasteiger partial charge in [0.25, 0.3) is 5.91 Å². The summed E-state index contributed by atoms with van der Waals surface area (Å²) in [6, 6.07) is 14.7. The number of methoxy groups -OCH3 is 1. The van der Waals surface area contributed by atoms with Crippen LogP contribution in [-0.2, 0) is 4.79 Å². The number of hydrogen-bond donors (Lipinski definition) is 1. The van der Waals surface area contributed by atoms with E-state index < -0.39 is 0 Å². The van der Waals surface area contributed by atoms with Crippen LogP contribution in [0.2, 0.25) is 0 Å². The van der Waals surface area contributed by atoms with Crippen LogP contribution < -0.4 is 14.8 Å². The van der Waals surface area contributed by atoms with Gasteiger partial charge in [-0.2, -0.15) is 0 Å². The zero-order chi connectivity index (χ0) is 20.1. The molecule has 1 aromatic heterocycles. The molecule has 28 heavy (non-hydrogen) atoms. The second-order valence-electron chi connectivity index (χ2n) is 6.11. The van der Waals surface area contributed by atoms with Crippen molar-refractivity contribution in [3.63, 3.8) is 0 Å². The van der Waals surface area contributed by atoms with E-state index >= 15 is 0 Å². The zero-order valence-corrected chi connectivity index (χ0v) is 16.6. The number of rotatable bonds is 7. The first kappa shape index (κ1) is 19.6. The van der Waals surface area contributed by atoms with Crippen LogP contribution in [0.3, 0.4) is 0 Å². The third-order valence-electron chi connectivity index (χ3n) is 3.91. The fourth-order valence-corrected chi connectivity index (χ4v) is 3.55. The molecule has 1 amide bonds. The van der Waals surface area contributed by atoms with Crippen molar-refractivity contribution in [1.82, 2.24) is 4.98 Å². The Morgan fingerprint density at radius 3 is 2.54 bits per heavy atom. The van der Waals surface area contributed by atoms with Crippen molar-refractivity contribution >= 4 is 28.2 Å². The normalized spacial score (nSPS) is 10.4. The Hall–Kier alpha value is -3.19. The van der Waals surface area contributed by atoms with E-state index in [1.807, 2.05) is 37.3 Å². The van der Waals surface area contributed by atoms with Crippen molar-refractivity contribution in [1.29, 1.82) is 0 Å². The highest BCUT2D eigenvalue weighted by molar-refractivity contribution is 7.19. The fraction of sp³-hybridized carbons (Fsp3) is 0.190. The molecule has 0 saturated heterocycles. The van der Waals surface area contributed by atoms with Gasteiger partial charge in [0.2, 0.25) is 0 Å². The van der Waals surface area contributed by atoms with E-state index in [1.165, 1.54) is 25.4 Å². The fourth-order valence-electron chi connectivity index (χ4n) is 2.59. The molecule has 0 aliphatic rings. The van der Waals surface area contributed by atoms with Gasteiger partial charge in [-0.1, -0.05) is 41.7 Å². The van der Waals surface area contributed by atoms with E-state index in [4.69, 9.17) is 9.47 Å². The lowest BCUT2D eigenvalue weighted by atomic mass is 10.2. The van der Waals surface area contributed by atoms with Gasteiger partial charge in [-0.3, -0.25) is 14.9 Å². The zero-order valence-electron chi connectivity index (χ0n) is 15.8. The van der Waals surface area contributed by atoms with Crippen LogP contribution in [-0.4, -0.2) is 30.4 Å². The van der Waals surface area contributed by atoms with Crippen LogP contribution in [0.15, 0.2) is 48.5 Å². The summed E-state index contributed by atoms with van der Waals surface area (Å²) >= 11 is 1.42. The van der Waals surface area contributed by atoms with Gasteiger partial charge in [-0.15, -0.1) is 0 Å². The average molecular weight is 396 g/mol. The first-order chi connectivity index (χ1) is 13.5. The second kappa shape index (κ2) is 8.67. The first-order valence-corrected chi connectivity index (χ1v) is 9.44. The Morgan fingerprint density at radius 2 is 1.86 bits per heavy atom. The van der Waals surface area contributed by atoms with Gasteiger partial charge < -0.3 is 9.47 Å². The lowest BCUT2D eigenvalue weighted by molar-refractivity contribution is -0.118. The van der Waals surface area contributed by atoms with E-state index in [2.05, 4.69) is 10.3 Å². The molecule has 6 nitrogen and oxygen atoms in total. The number of carbonyl (C=O) groups excluding carboxylic acids is 2. The van der Waals surface area contributed by atoms with Crippen LogP contribution in [0.4, 0.5) is 5.13 Å². The molecule has 3 rings (SSSR count). The molecule has 7 heteroatoms. The van der Waals surface area contributed by atoms with Crippen molar-refractivity contribution in [2.24, 2.45) is 0 Å². The lowest BCUT2D eigenvalue weighted by Gasteiger charge is -2.11. The maximum absolute atomic E-state index is 12.7. The Balaban J connectivity index is 1.80. The van der Waals surface area contributed by atoms with Crippen molar-refractivity contribution in [3.05, 3.63) is 59.8 Å². The standard InChI is InChI=1S/C21H20N2O4S/c1-13(24)12-27-18-11-16(9-10-17(18)26-3)20(25)23-21-22-14(2)19(28-21)15-7-5-4-6-8-15/h4-11H,12H2,1-3H3,(H,22,23,25). The van der Waals surface area contributed by atoms with Crippen LogP contribution in [0, 0.1) is 6.92 Å². The van der Waals surface area contributed by atoms with E-state index in [-0.39, 0.29) is 18.3 Å². The highest BCUT2D eigenvalue weighted by Gasteiger charge is 2.15. The van der Waals surface area contributed by atoms with Crippen LogP contribution in [0.5, 0.6) is 11.5 Å². The molecule has 0 bridgehead atoms. The number of carbonyl (C=O) groups is 2. The molecule has 0 spiro atoms. The van der Waals surface area contributed by atoms with Gasteiger partial charge in [0.1, 0.15) is 6.61 Å². The number of hydrogen-bond acceptors (Lipinski definition) is 6. The van der Waals surface area contributed by atoms with E-state index in [1.54, 1.807) is 18.2 Å². The van der Waals surface area contributed by atoms with Gasteiger partial charge in [-0.25, -0.2) is 4.98 Å². The number of benzene rings is 2. The van der Waals surface area contributed by atoms with Crippen molar-refractivity contribution in [3.8, 4) is 21.9 Å². The summed E-state index contributed by atoms with van der Waals surface area (Å²) in [4.78, 5) is 29.3. The maximum Gasteiger partial charge on any atom is 0.257 e. The molecule has 1 N–H and O–H groups in total. The summed E-state index contributed by atoms with van der Waals surface area (Å²) in [6.45, 7) is 3.25. The molecule has 144 valence electrons. The summed E-state index contributed by atoms with van der Waals surface area (Å²) in [5, 5.41) is 3.34. The Morgan fingerprint density at radius 1 is 1.11 bits per heavy atom. The smallest absolute Gasteiger partial charge is 0.257 e. The van der Waals surface area contributed by atoms with Crippen LogP contribution >= 0.6 is 11.3 Å². The number of ketones is 1. The summed E-state index contributed by atoms with van der Waals surface area (Å²) in [5.41, 5.74) is 2.29. The van der Waals surface area contributed by atoms with Crippen molar-refractivity contribution in [2.45, 2.75) is 13.8 Å². The molecule has 0 fully saturated rings. The molecule has 0 unspecified atom stereocenters. The molecular formula is C21H20N2O4S. The van der Waals surface area contributed by atoms with Gasteiger partial charge >= 0.3 is 0 Å². The number of amides is 1. The largest absolute Gasteiger partial charge is 0.493 e. The molecule has 1 heterocycles. The van der Waals surface area contributed by atoms with E-state index in [0.717, 1.165) is 16.1 Å². The SMILES string of the molecule is COc1ccc(C(=O)Nc2nc(C)c(-c3ccccc3)s2)cc1OCC(C)=O. The Kier molecular flexibility index (Phi) is 6.06. The number of thiazole rings is 1. The quantitative estimate of drug-likeness (QED) is 0.642. The van der Waals surface area contributed by atoms with Crippen molar-refractivity contribution in [2.75, 3.05) is 19.0 Å². The minimum Gasteiger partial charge on any atom is -0.493 e. The molecule has 0 aliphatic heterocycles. The predicted molar refractivity (Wildman–Crippen MR) is 109 cm³/mol. The highest BCUT2D eigenvalue weighted by atomic mass is 32.1. The number of anilines is 1. The Labute approximate surface area is 167 Å². The third-order valence-corrected chi connectivity index (χ3v) is 5.03. The molecule has 0 aliphatic carbocycles. The Bertz CT molecular complexity index is 999. The lowest BCUT2D eigenvalue weighted by Crippen LogP contribution is -2.13. The van der Waals surface area contributed by atoms with Gasteiger partial charge in [0.05, 0.1) is 17.7 Å². The number of nitrogens with one attached hydrogen (secondary N) is 1. The minimum atomic E-state index is -0.316. The number of aryl methyl sites for hydroxylation is 1. The second-order valence-corrected chi connectivity index (χ2v) is 7.11. The van der Waals surface area contributed by atoms with E-state index in [9.17, 15) is 9.59 Å². The third kappa shape index (κ3) is 4.55. The molecular weight excluding hydrogens is 376 g/mol. The topological polar surface area (TPSA) is 77.5 Å². The molecule has 2 aromatic carbocycles. The number of aromatic nitrogens is 1. The average Bonchev–Trinajstić information content (AvgIpc) is 3.06. The number of ether oxygens (including phenoxy) is 2. The summed E-state index contributed by atoms with van der Waals surface area (Å²) in [7, 11) is 1.50. The van der Waals surface area contributed by atoms with Crippen LogP contribution in [0.1, 0.15) is 23.0 Å². The monoisotopic (exact) mass is 396 g/mol. The minimum absolute atomic E-state index is 0.0897. The van der Waals surface area contributed by atoms with Crippen LogP contribution in [0.25, 0.3) is 10.4 Å². The summed E-state index contributed by atoms with van der Waals surface area (Å²) < 4.78 is 10.7. The number of Topliss-reactive ketones (excluding diaryl/α,β-unsaturated/α-hetero) is 1. The van der Waals surface area contributed by atoms with Gasteiger partial charge in [-0.05, 0) is 37.6 Å². The summed E-state index contributed by atoms with van der Waals surface area (Å²) in [5.74, 6) is 0.354. The van der Waals surface area contributed by atoms with E-state index in [0.29, 0.717) is 22.2 Å². The van der Waals surface area contributed by atoms with Gasteiger partial charge in [0, 0.05) is 5.56 Å². The molecule has 0 radical (unpaired) electrons. The van der Waals surface area contributed by atoms with Gasteiger partial charge in [0.15, 0.2) is 22.4 Å². The molecule has 0 atom stereocenters.